The number of carbonyl (C=O) groups excluding carboxylic acids is 1. The molecular weight excluding hydrogens is 196 g/mol. The summed E-state index contributed by atoms with van der Waals surface area (Å²) >= 11 is 0. The van der Waals surface area contributed by atoms with Crippen LogP contribution in [-0.2, 0) is 9.59 Å². The number of carboxylic acids is 1. The fraction of sp³-hybridized carbons (Fsp3) is 0.800. The van der Waals surface area contributed by atoms with E-state index < -0.39 is 17.6 Å². The summed E-state index contributed by atoms with van der Waals surface area (Å²) in [6.45, 7) is 4.05. The molecule has 0 saturated carbocycles. The minimum atomic E-state index is -0.921. The lowest BCUT2D eigenvalue weighted by molar-refractivity contribution is -0.148. The second kappa shape index (κ2) is 4.18. The lowest BCUT2D eigenvalue weighted by Gasteiger charge is -2.25. The van der Waals surface area contributed by atoms with Crippen molar-refractivity contribution in [2.45, 2.75) is 44.7 Å². The van der Waals surface area contributed by atoms with Crippen LogP contribution in [0.5, 0.6) is 0 Å². The summed E-state index contributed by atoms with van der Waals surface area (Å²) in [5.74, 6) is -1.08. The molecule has 86 valence electrons. The highest BCUT2D eigenvalue weighted by molar-refractivity contribution is 5.84. The molecule has 5 heteroatoms. The molecule has 1 heterocycles. The van der Waals surface area contributed by atoms with Crippen molar-refractivity contribution in [1.29, 1.82) is 0 Å². The van der Waals surface area contributed by atoms with Gasteiger partial charge in [-0.25, -0.2) is 4.79 Å². The zero-order valence-corrected chi connectivity index (χ0v) is 9.19. The first kappa shape index (κ1) is 12.0. The first-order valence-electron chi connectivity index (χ1n) is 5.12. The van der Waals surface area contributed by atoms with Gasteiger partial charge in [0.2, 0.25) is 5.91 Å². The fourth-order valence-corrected chi connectivity index (χ4v) is 1.81. The maximum absolute atomic E-state index is 11.8. The fourth-order valence-electron chi connectivity index (χ4n) is 1.81. The summed E-state index contributed by atoms with van der Waals surface area (Å²) in [5, 5.41) is 8.91. The molecule has 1 atom stereocenters. The van der Waals surface area contributed by atoms with Gasteiger partial charge in [-0.2, -0.15) is 0 Å². The Balaban J connectivity index is 2.63. The average molecular weight is 214 g/mol. The average Bonchev–Trinajstić information content (AvgIpc) is 2.47. The number of carbonyl (C=O) groups is 2. The quantitative estimate of drug-likeness (QED) is 0.702. The van der Waals surface area contributed by atoms with Crippen LogP contribution in [0.15, 0.2) is 0 Å². The Morgan fingerprint density at radius 2 is 2.13 bits per heavy atom. The van der Waals surface area contributed by atoms with E-state index in [9.17, 15) is 9.59 Å². The van der Waals surface area contributed by atoms with Gasteiger partial charge in [0.05, 0.1) is 0 Å². The van der Waals surface area contributed by atoms with Crippen LogP contribution in [0.25, 0.3) is 0 Å². The zero-order valence-electron chi connectivity index (χ0n) is 9.19. The Labute approximate surface area is 89.2 Å². The summed E-state index contributed by atoms with van der Waals surface area (Å²) < 4.78 is 0. The molecular formula is C10H18N2O3. The highest BCUT2D eigenvalue weighted by Crippen LogP contribution is 2.20. The van der Waals surface area contributed by atoms with Gasteiger partial charge in [0, 0.05) is 18.5 Å². The van der Waals surface area contributed by atoms with Gasteiger partial charge >= 0.3 is 5.97 Å². The van der Waals surface area contributed by atoms with Gasteiger partial charge in [-0.05, 0) is 26.7 Å². The van der Waals surface area contributed by atoms with Crippen LogP contribution in [0.3, 0.4) is 0 Å². The highest BCUT2D eigenvalue weighted by Gasteiger charge is 2.35. The van der Waals surface area contributed by atoms with Crippen LogP contribution >= 0.6 is 0 Å². The van der Waals surface area contributed by atoms with Gasteiger partial charge in [-0.1, -0.05) is 0 Å². The minimum absolute atomic E-state index is 0.160. The van der Waals surface area contributed by atoms with Crippen molar-refractivity contribution in [2.24, 2.45) is 5.73 Å². The molecule has 0 aliphatic carbocycles. The number of hydrogen-bond donors (Lipinski definition) is 2. The molecule has 0 aromatic rings. The summed E-state index contributed by atoms with van der Waals surface area (Å²) in [6, 6.07) is -0.653. The van der Waals surface area contributed by atoms with E-state index in [-0.39, 0.29) is 12.3 Å². The van der Waals surface area contributed by atoms with Gasteiger partial charge < -0.3 is 15.7 Å². The third-order valence-corrected chi connectivity index (χ3v) is 2.47. The SMILES string of the molecule is CC(C)(N)CC(=O)N1CCCC1C(=O)O. The van der Waals surface area contributed by atoms with Crippen LogP contribution in [0, 0.1) is 0 Å². The molecule has 1 unspecified atom stereocenters. The van der Waals surface area contributed by atoms with E-state index in [4.69, 9.17) is 10.8 Å². The predicted molar refractivity (Wildman–Crippen MR) is 55.3 cm³/mol. The van der Waals surface area contributed by atoms with E-state index >= 15 is 0 Å². The molecule has 1 aliphatic heterocycles. The number of carboxylic acid groups (broad SMARTS) is 1. The van der Waals surface area contributed by atoms with Crippen LogP contribution in [0.2, 0.25) is 0 Å². The molecule has 1 aliphatic rings. The molecule has 5 nitrogen and oxygen atoms in total. The van der Waals surface area contributed by atoms with Crippen LogP contribution in [-0.4, -0.2) is 40.0 Å². The second-order valence-electron chi connectivity index (χ2n) is 4.75. The van der Waals surface area contributed by atoms with E-state index in [0.29, 0.717) is 13.0 Å². The smallest absolute Gasteiger partial charge is 0.326 e. The number of hydrogen-bond acceptors (Lipinski definition) is 3. The summed E-state index contributed by atoms with van der Waals surface area (Å²) in [5.41, 5.74) is 5.15. The molecule has 0 aromatic carbocycles. The maximum atomic E-state index is 11.8. The van der Waals surface area contributed by atoms with Crippen LogP contribution in [0.1, 0.15) is 33.1 Å². The first-order valence-corrected chi connectivity index (χ1v) is 5.12. The molecule has 0 aromatic heterocycles. The molecule has 1 saturated heterocycles. The van der Waals surface area contributed by atoms with Crippen molar-refractivity contribution in [1.82, 2.24) is 4.90 Å². The minimum Gasteiger partial charge on any atom is -0.480 e. The van der Waals surface area contributed by atoms with Gasteiger partial charge in [0.1, 0.15) is 6.04 Å². The van der Waals surface area contributed by atoms with Gasteiger partial charge in [0.15, 0.2) is 0 Å². The molecule has 3 N–H and O–H groups in total. The van der Waals surface area contributed by atoms with Crippen LogP contribution < -0.4 is 5.73 Å². The standard InChI is InChI=1S/C10H18N2O3/c1-10(2,11)6-8(13)12-5-3-4-7(12)9(14)15/h7H,3-6,11H2,1-2H3,(H,14,15). The number of aliphatic carboxylic acids is 1. The van der Waals surface area contributed by atoms with Crippen molar-refractivity contribution in [3.63, 3.8) is 0 Å². The number of nitrogens with zero attached hydrogens (tertiary/aromatic N) is 1. The third kappa shape index (κ3) is 3.20. The van der Waals surface area contributed by atoms with E-state index in [1.165, 1.54) is 4.90 Å². The monoisotopic (exact) mass is 214 g/mol. The van der Waals surface area contributed by atoms with E-state index in [1.807, 2.05) is 0 Å². The summed E-state index contributed by atoms with van der Waals surface area (Å²) in [6.07, 6.45) is 1.50. The molecule has 0 bridgehead atoms. The Morgan fingerprint density at radius 1 is 1.53 bits per heavy atom. The van der Waals surface area contributed by atoms with E-state index in [1.54, 1.807) is 13.8 Å². The molecule has 1 amide bonds. The topological polar surface area (TPSA) is 83.6 Å². The number of likely N-dealkylation sites (tertiary alicyclic amines) is 1. The summed E-state index contributed by atoms with van der Waals surface area (Å²) in [4.78, 5) is 24.0. The first-order chi connectivity index (χ1) is 6.81. The lowest BCUT2D eigenvalue weighted by Crippen LogP contribution is -2.45. The van der Waals surface area contributed by atoms with Crippen molar-refractivity contribution in [3.8, 4) is 0 Å². The largest absolute Gasteiger partial charge is 0.480 e. The summed E-state index contributed by atoms with van der Waals surface area (Å²) in [7, 11) is 0. The van der Waals surface area contributed by atoms with E-state index in [0.717, 1.165) is 6.42 Å². The van der Waals surface area contributed by atoms with Crippen molar-refractivity contribution in [2.75, 3.05) is 6.54 Å². The van der Waals surface area contributed by atoms with Gasteiger partial charge in [-0.3, -0.25) is 4.79 Å². The molecule has 0 spiro atoms. The molecule has 1 rings (SSSR count). The molecule has 1 fully saturated rings. The van der Waals surface area contributed by atoms with E-state index in [2.05, 4.69) is 0 Å². The second-order valence-corrected chi connectivity index (χ2v) is 4.75. The lowest BCUT2D eigenvalue weighted by atomic mass is 10.0. The molecule has 0 radical (unpaired) electrons. The Kier molecular flexibility index (Phi) is 3.34. The molecule has 15 heavy (non-hydrogen) atoms. The zero-order chi connectivity index (χ0) is 11.6. The Hall–Kier alpha value is -1.10. The maximum Gasteiger partial charge on any atom is 0.326 e. The van der Waals surface area contributed by atoms with Crippen molar-refractivity contribution >= 4 is 11.9 Å². The number of rotatable bonds is 3. The normalized spacial score (nSPS) is 21.8. The van der Waals surface area contributed by atoms with Gasteiger partial charge in [0.25, 0.3) is 0 Å². The Morgan fingerprint density at radius 3 is 2.60 bits per heavy atom. The third-order valence-electron chi connectivity index (χ3n) is 2.47. The Bertz CT molecular complexity index is 270. The van der Waals surface area contributed by atoms with Gasteiger partial charge in [-0.15, -0.1) is 0 Å². The van der Waals surface area contributed by atoms with Crippen molar-refractivity contribution < 1.29 is 14.7 Å². The number of amides is 1. The van der Waals surface area contributed by atoms with Crippen molar-refractivity contribution in [3.05, 3.63) is 0 Å². The predicted octanol–water partition coefficient (Wildman–Crippen LogP) is 0.189. The highest BCUT2D eigenvalue weighted by atomic mass is 16.4. The van der Waals surface area contributed by atoms with Crippen LogP contribution in [0.4, 0.5) is 0 Å². The number of nitrogens with two attached hydrogens (primary N) is 1.